The summed E-state index contributed by atoms with van der Waals surface area (Å²) in [5, 5.41) is 2.77. The summed E-state index contributed by atoms with van der Waals surface area (Å²) in [7, 11) is 0. The predicted molar refractivity (Wildman–Crippen MR) is 92.2 cm³/mol. The molecule has 0 saturated carbocycles. The maximum Gasteiger partial charge on any atom is 0.407 e. The molecule has 0 aromatic heterocycles. The first kappa shape index (κ1) is 18.7. The minimum absolute atomic E-state index is 0.00440. The van der Waals surface area contributed by atoms with Crippen LogP contribution >= 0.6 is 15.9 Å². The zero-order valence-corrected chi connectivity index (χ0v) is 15.7. The number of hydrogen-bond acceptors (Lipinski definition) is 3. The number of carbonyl (C=O) groups excluding carboxylic acids is 2. The Hall–Kier alpha value is -1.63. The van der Waals surface area contributed by atoms with E-state index in [1.807, 2.05) is 0 Å². The zero-order valence-electron chi connectivity index (χ0n) is 14.1. The third-order valence-corrected chi connectivity index (χ3v) is 4.10. The van der Waals surface area contributed by atoms with E-state index < -0.39 is 17.5 Å². The Balaban J connectivity index is 1.87. The van der Waals surface area contributed by atoms with E-state index >= 15 is 0 Å². The maximum atomic E-state index is 13.8. The van der Waals surface area contributed by atoms with Crippen LogP contribution < -0.4 is 5.32 Å². The lowest BCUT2D eigenvalue weighted by molar-refractivity contribution is -0.129. The van der Waals surface area contributed by atoms with Crippen LogP contribution in [0.4, 0.5) is 9.18 Å². The van der Waals surface area contributed by atoms with Gasteiger partial charge in [0.2, 0.25) is 5.91 Å². The summed E-state index contributed by atoms with van der Waals surface area (Å²) in [5.74, 6) is -0.547. The van der Waals surface area contributed by atoms with Crippen molar-refractivity contribution in [1.82, 2.24) is 10.2 Å². The molecule has 1 aromatic rings. The van der Waals surface area contributed by atoms with E-state index in [4.69, 9.17) is 4.74 Å². The molecule has 2 rings (SSSR count). The number of alkyl carbamates (subject to hydrolysis) is 1. The van der Waals surface area contributed by atoms with Crippen molar-refractivity contribution >= 4 is 27.9 Å². The largest absolute Gasteiger partial charge is 0.444 e. The number of benzene rings is 1. The predicted octanol–water partition coefficient (Wildman–Crippen LogP) is 3.26. The fourth-order valence-electron chi connectivity index (χ4n) is 2.53. The summed E-state index contributed by atoms with van der Waals surface area (Å²) in [4.78, 5) is 25.8. The normalized spacial score (nSPS) is 17.7. The number of nitrogens with one attached hydrogen (secondary N) is 1. The summed E-state index contributed by atoms with van der Waals surface area (Å²) >= 11 is 3.28. The first-order valence-electron chi connectivity index (χ1n) is 7.85. The first-order valence-corrected chi connectivity index (χ1v) is 8.64. The number of carbonyl (C=O) groups is 2. The van der Waals surface area contributed by atoms with Gasteiger partial charge in [-0.05, 0) is 51.0 Å². The molecule has 1 aliphatic heterocycles. The molecule has 7 heteroatoms. The number of rotatable bonds is 3. The minimum atomic E-state index is -0.559. The molecule has 1 aromatic carbocycles. The Morgan fingerprint density at radius 3 is 2.79 bits per heavy atom. The summed E-state index contributed by atoms with van der Waals surface area (Å²) in [5.41, 5.74) is -0.200. The lowest BCUT2D eigenvalue weighted by Crippen LogP contribution is -2.41. The van der Waals surface area contributed by atoms with Crippen molar-refractivity contribution in [1.29, 1.82) is 0 Å². The molecule has 0 unspecified atom stereocenters. The smallest absolute Gasteiger partial charge is 0.407 e. The van der Waals surface area contributed by atoms with Gasteiger partial charge < -0.3 is 15.0 Å². The Kier molecular flexibility index (Phi) is 5.85. The van der Waals surface area contributed by atoms with E-state index in [9.17, 15) is 14.0 Å². The third kappa shape index (κ3) is 5.47. The molecular formula is C17H22BrFN2O3. The molecule has 0 spiro atoms. The van der Waals surface area contributed by atoms with Crippen LogP contribution in [-0.2, 0) is 16.0 Å². The molecule has 5 nitrogen and oxygen atoms in total. The highest BCUT2D eigenvalue weighted by atomic mass is 79.9. The van der Waals surface area contributed by atoms with Crippen LogP contribution in [0.2, 0.25) is 0 Å². The van der Waals surface area contributed by atoms with Gasteiger partial charge in [-0.1, -0.05) is 15.9 Å². The Labute approximate surface area is 149 Å². The molecule has 1 aliphatic rings. The highest BCUT2D eigenvalue weighted by molar-refractivity contribution is 9.10. The topological polar surface area (TPSA) is 58.6 Å². The van der Waals surface area contributed by atoms with Gasteiger partial charge in [0.05, 0.1) is 12.5 Å². The number of nitrogens with zero attached hydrogens (tertiary/aromatic N) is 1. The number of amides is 2. The number of ether oxygens (including phenoxy) is 1. The SMILES string of the molecule is CC(C)(C)OC(=O)N[C@H]1CCN(C(=O)Cc2cc(Br)ccc2F)C1. The van der Waals surface area contributed by atoms with Crippen molar-refractivity contribution in [2.45, 2.75) is 45.3 Å². The summed E-state index contributed by atoms with van der Waals surface area (Å²) < 4.78 is 19.7. The van der Waals surface area contributed by atoms with Crippen molar-refractivity contribution in [3.8, 4) is 0 Å². The number of halogens is 2. The van der Waals surface area contributed by atoms with Crippen LogP contribution in [0, 0.1) is 5.82 Å². The average Bonchev–Trinajstić information content (AvgIpc) is 2.89. The molecule has 1 heterocycles. The molecule has 1 N–H and O–H groups in total. The lowest BCUT2D eigenvalue weighted by atomic mass is 10.1. The highest BCUT2D eigenvalue weighted by Crippen LogP contribution is 2.18. The van der Waals surface area contributed by atoms with Gasteiger partial charge in [0.25, 0.3) is 0 Å². The van der Waals surface area contributed by atoms with Crippen LogP contribution in [0.1, 0.15) is 32.8 Å². The minimum Gasteiger partial charge on any atom is -0.444 e. The Bertz CT molecular complexity index is 631. The third-order valence-electron chi connectivity index (χ3n) is 3.61. The number of likely N-dealkylation sites (tertiary alicyclic amines) is 1. The summed E-state index contributed by atoms with van der Waals surface area (Å²) in [6.07, 6.45) is 0.177. The molecule has 1 atom stereocenters. The van der Waals surface area contributed by atoms with Gasteiger partial charge in [0.1, 0.15) is 11.4 Å². The van der Waals surface area contributed by atoms with Gasteiger partial charge in [0.15, 0.2) is 0 Å². The van der Waals surface area contributed by atoms with Crippen molar-refractivity contribution in [2.75, 3.05) is 13.1 Å². The Morgan fingerprint density at radius 2 is 2.12 bits per heavy atom. The Morgan fingerprint density at radius 1 is 1.42 bits per heavy atom. The van der Waals surface area contributed by atoms with Gasteiger partial charge in [0, 0.05) is 17.6 Å². The summed E-state index contributed by atoms with van der Waals surface area (Å²) in [6.45, 7) is 6.33. The quantitative estimate of drug-likeness (QED) is 0.846. The average molecular weight is 401 g/mol. The van der Waals surface area contributed by atoms with E-state index in [0.717, 1.165) is 4.47 Å². The van der Waals surface area contributed by atoms with E-state index in [1.165, 1.54) is 6.07 Å². The molecule has 1 fully saturated rings. The molecule has 24 heavy (non-hydrogen) atoms. The maximum absolute atomic E-state index is 13.8. The van der Waals surface area contributed by atoms with Crippen LogP contribution in [0.5, 0.6) is 0 Å². The monoisotopic (exact) mass is 400 g/mol. The number of hydrogen-bond donors (Lipinski definition) is 1. The zero-order chi connectivity index (χ0) is 17.9. The van der Waals surface area contributed by atoms with Crippen LogP contribution in [0.15, 0.2) is 22.7 Å². The van der Waals surface area contributed by atoms with Gasteiger partial charge in [-0.25, -0.2) is 9.18 Å². The van der Waals surface area contributed by atoms with E-state index in [-0.39, 0.29) is 18.4 Å². The van der Waals surface area contributed by atoms with E-state index in [1.54, 1.807) is 37.8 Å². The van der Waals surface area contributed by atoms with E-state index in [2.05, 4.69) is 21.2 Å². The van der Waals surface area contributed by atoms with Gasteiger partial charge >= 0.3 is 6.09 Å². The fourth-order valence-corrected chi connectivity index (χ4v) is 2.94. The van der Waals surface area contributed by atoms with Crippen molar-refractivity contribution < 1.29 is 18.7 Å². The highest BCUT2D eigenvalue weighted by Gasteiger charge is 2.29. The van der Waals surface area contributed by atoms with Crippen molar-refractivity contribution in [2.24, 2.45) is 0 Å². The standard InChI is InChI=1S/C17H22BrFN2O3/c1-17(2,3)24-16(23)20-13-6-7-21(10-13)15(22)9-11-8-12(18)4-5-14(11)19/h4-5,8,13H,6-7,9-10H2,1-3H3,(H,20,23)/t13-/m0/s1. The summed E-state index contributed by atoms with van der Waals surface area (Å²) in [6, 6.07) is 4.40. The van der Waals surface area contributed by atoms with Gasteiger partial charge in [-0.3, -0.25) is 4.79 Å². The second-order valence-corrected chi connectivity index (χ2v) is 7.80. The molecule has 0 aliphatic carbocycles. The molecule has 2 amide bonds. The molecule has 0 radical (unpaired) electrons. The molecular weight excluding hydrogens is 379 g/mol. The van der Waals surface area contributed by atoms with Crippen molar-refractivity contribution in [3.05, 3.63) is 34.1 Å². The lowest BCUT2D eigenvalue weighted by Gasteiger charge is -2.22. The molecule has 0 bridgehead atoms. The second kappa shape index (κ2) is 7.51. The first-order chi connectivity index (χ1) is 11.1. The fraction of sp³-hybridized carbons (Fsp3) is 0.529. The van der Waals surface area contributed by atoms with Gasteiger partial charge in [-0.15, -0.1) is 0 Å². The van der Waals surface area contributed by atoms with Crippen LogP contribution in [0.3, 0.4) is 0 Å². The molecule has 1 saturated heterocycles. The second-order valence-electron chi connectivity index (χ2n) is 6.88. The molecule has 132 valence electrons. The van der Waals surface area contributed by atoms with Crippen LogP contribution in [-0.4, -0.2) is 41.6 Å². The van der Waals surface area contributed by atoms with Gasteiger partial charge in [-0.2, -0.15) is 0 Å². The van der Waals surface area contributed by atoms with Crippen molar-refractivity contribution in [3.63, 3.8) is 0 Å². The van der Waals surface area contributed by atoms with Crippen LogP contribution in [0.25, 0.3) is 0 Å². The van der Waals surface area contributed by atoms with E-state index in [0.29, 0.717) is 25.1 Å².